The molecule has 0 saturated carbocycles. The number of aliphatic hydroxyl groups excluding tert-OH is 1. The second kappa shape index (κ2) is 6.12. The Hall–Kier alpha value is -1.72. The second-order valence-electron chi connectivity index (χ2n) is 4.46. The van der Waals surface area contributed by atoms with Gasteiger partial charge in [0.2, 0.25) is 0 Å². The first-order valence-corrected chi connectivity index (χ1v) is 5.13. The maximum absolute atomic E-state index is 11.3. The number of ether oxygens (including phenoxy) is 2. The molecule has 0 spiro atoms. The molecule has 6 nitrogen and oxygen atoms in total. The summed E-state index contributed by atoms with van der Waals surface area (Å²) in [5.41, 5.74) is -0.620. The minimum absolute atomic E-state index is 0.303. The molecule has 0 rings (SSSR count). The number of hydrogen-bond donors (Lipinski definition) is 2. The van der Waals surface area contributed by atoms with Crippen molar-refractivity contribution in [2.24, 2.45) is 0 Å². The zero-order valence-corrected chi connectivity index (χ0v) is 10.7. The van der Waals surface area contributed by atoms with Gasteiger partial charge in [0, 0.05) is 0 Å². The lowest BCUT2D eigenvalue weighted by molar-refractivity contribution is -0.135. The molecule has 0 aromatic heterocycles. The van der Waals surface area contributed by atoms with Gasteiger partial charge in [-0.3, -0.25) is 0 Å². The topological polar surface area (TPSA) is 84.9 Å². The Morgan fingerprint density at radius 1 is 1.35 bits per heavy atom. The summed E-state index contributed by atoms with van der Waals surface area (Å²) in [7, 11) is 1.19. The van der Waals surface area contributed by atoms with Crippen LogP contribution < -0.4 is 5.32 Å². The number of aliphatic hydroxyl groups is 1. The van der Waals surface area contributed by atoms with E-state index in [-0.39, 0.29) is 5.76 Å². The number of carbonyl (C=O) groups excluding carboxylic acids is 2. The lowest BCUT2D eigenvalue weighted by atomic mass is 10.2. The normalized spacial score (nSPS) is 13.8. The van der Waals surface area contributed by atoms with Gasteiger partial charge in [-0.1, -0.05) is 0 Å². The van der Waals surface area contributed by atoms with Gasteiger partial charge in [-0.25, -0.2) is 9.59 Å². The van der Waals surface area contributed by atoms with Crippen molar-refractivity contribution in [3.05, 3.63) is 11.8 Å². The number of rotatable bonds is 3. The van der Waals surface area contributed by atoms with Crippen LogP contribution in [0, 0.1) is 0 Å². The molecule has 0 aromatic rings. The maximum Gasteiger partial charge on any atom is 0.408 e. The van der Waals surface area contributed by atoms with Crippen molar-refractivity contribution in [3.63, 3.8) is 0 Å². The first-order chi connectivity index (χ1) is 7.65. The number of amides is 1. The van der Waals surface area contributed by atoms with Crippen molar-refractivity contribution in [1.29, 1.82) is 0 Å². The van der Waals surface area contributed by atoms with Crippen LogP contribution in [-0.4, -0.2) is 35.9 Å². The number of hydrogen-bond acceptors (Lipinski definition) is 5. The number of carbonyl (C=O) groups is 2. The van der Waals surface area contributed by atoms with Crippen molar-refractivity contribution in [2.75, 3.05) is 7.11 Å². The summed E-state index contributed by atoms with van der Waals surface area (Å²) < 4.78 is 9.32. The van der Waals surface area contributed by atoms with Gasteiger partial charge < -0.3 is 19.9 Å². The number of esters is 1. The van der Waals surface area contributed by atoms with Crippen molar-refractivity contribution < 1.29 is 24.2 Å². The van der Waals surface area contributed by atoms with Gasteiger partial charge in [-0.15, -0.1) is 0 Å². The van der Waals surface area contributed by atoms with Gasteiger partial charge in [0.05, 0.1) is 19.2 Å². The maximum atomic E-state index is 11.3. The molecule has 0 unspecified atom stereocenters. The van der Waals surface area contributed by atoms with Crippen LogP contribution in [-0.2, 0) is 14.3 Å². The van der Waals surface area contributed by atoms with Crippen LogP contribution in [0.1, 0.15) is 27.7 Å². The summed E-state index contributed by atoms with van der Waals surface area (Å²) in [6.45, 7) is 6.68. The molecule has 1 amide bonds. The van der Waals surface area contributed by atoms with Gasteiger partial charge >= 0.3 is 12.1 Å². The molecule has 0 bridgehead atoms. The number of nitrogens with one attached hydrogen (secondary N) is 1. The van der Waals surface area contributed by atoms with E-state index in [0.717, 1.165) is 6.08 Å². The fraction of sp³-hybridized carbons (Fsp3) is 0.636. The van der Waals surface area contributed by atoms with Crippen LogP contribution in [0.25, 0.3) is 0 Å². The molecular formula is C11H19NO5. The van der Waals surface area contributed by atoms with E-state index >= 15 is 0 Å². The van der Waals surface area contributed by atoms with Crippen LogP contribution in [0.4, 0.5) is 4.79 Å². The third-order valence-corrected chi connectivity index (χ3v) is 1.64. The van der Waals surface area contributed by atoms with Crippen LogP contribution in [0.15, 0.2) is 11.8 Å². The van der Waals surface area contributed by atoms with E-state index in [1.54, 1.807) is 20.8 Å². The minimum Gasteiger partial charge on any atom is -0.510 e. The molecular weight excluding hydrogens is 226 g/mol. The number of alkyl carbamates (subject to hydrolysis) is 1. The number of methoxy groups -OCH3 is 1. The predicted molar refractivity (Wildman–Crippen MR) is 61.6 cm³/mol. The molecule has 1 atom stereocenters. The van der Waals surface area contributed by atoms with Crippen molar-refractivity contribution in [2.45, 2.75) is 39.3 Å². The average molecular weight is 245 g/mol. The summed E-state index contributed by atoms with van der Waals surface area (Å²) in [6, 6.07) is -0.732. The Balaban J connectivity index is 4.35. The van der Waals surface area contributed by atoms with E-state index in [4.69, 9.17) is 4.74 Å². The Bertz CT molecular complexity index is 316. The molecule has 0 aliphatic carbocycles. The van der Waals surface area contributed by atoms with Gasteiger partial charge in [0.25, 0.3) is 0 Å². The van der Waals surface area contributed by atoms with Crippen molar-refractivity contribution >= 4 is 12.1 Å². The smallest absolute Gasteiger partial charge is 0.408 e. The molecule has 98 valence electrons. The Morgan fingerprint density at radius 3 is 2.29 bits per heavy atom. The van der Waals surface area contributed by atoms with Crippen molar-refractivity contribution in [1.82, 2.24) is 5.32 Å². The van der Waals surface area contributed by atoms with Gasteiger partial charge in [-0.05, 0) is 27.7 Å². The molecule has 0 aliphatic rings. The summed E-state index contributed by atoms with van der Waals surface area (Å²) in [6.07, 6.45) is 0.219. The molecule has 0 radical (unpaired) electrons. The Kier molecular flexibility index (Phi) is 5.50. The standard InChI is InChI=1S/C11H19NO5/c1-7(8(13)6-9(14)16-5)12-10(15)17-11(2,3)4/h6-7,13H,1-5H3,(H,12,15)/t7-/m1/s1. The highest BCUT2D eigenvalue weighted by atomic mass is 16.6. The Labute approximate surface area is 101 Å². The monoisotopic (exact) mass is 245 g/mol. The van der Waals surface area contributed by atoms with Crippen LogP contribution >= 0.6 is 0 Å². The van der Waals surface area contributed by atoms with E-state index in [0.29, 0.717) is 0 Å². The highest BCUT2D eigenvalue weighted by Crippen LogP contribution is 2.07. The average Bonchev–Trinajstić information content (AvgIpc) is 2.14. The second-order valence-corrected chi connectivity index (χ2v) is 4.46. The minimum atomic E-state index is -0.732. The van der Waals surface area contributed by atoms with E-state index in [1.807, 2.05) is 0 Å². The van der Waals surface area contributed by atoms with Crippen LogP contribution in [0.5, 0.6) is 0 Å². The van der Waals surface area contributed by atoms with E-state index < -0.39 is 23.7 Å². The highest BCUT2D eigenvalue weighted by molar-refractivity contribution is 5.82. The van der Waals surface area contributed by atoms with Crippen LogP contribution in [0.3, 0.4) is 0 Å². The third-order valence-electron chi connectivity index (χ3n) is 1.64. The van der Waals surface area contributed by atoms with Crippen LogP contribution in [0.2, 0.25) is 0 Å². The molecule has 2 N–H and O–H groups in total. The quantitative estimate of drug-likeness (QED) is 0.447. The molecule has 0 aliphatic heterocycles. The largest absolute Gasteiger partial charge is 0.510 e. The highest BCUT2D eigenvalue weighted by Gasteiger charge is 2.19. The van der Waals surface area contributed by atoms with E-state index in [2.05, 4.69) is 10.1 Å². The van der Waals surface area contributed by atoms with Gasteiger partial charge in [0.15, 0.2) is 0 Å². The lowest BCUT2D eigenvalue weighted by Gasteiger charge is -2.21. The third kappa shape index (κ3) is 7.21. The Morgan fingerprint density at radius 2 is 1.88 bits per heavy atom. The van der Waals surface area contributed by atoms with Gasteiger partial charge in [0.1, 0.15) is 11.4 Å². The predicted octanol–water partition coefficient (Wildman–Crippen LogP) is 1.51. The first-order valence-electron chi connectivity index (χ1n) is 5.13. The summed E-state index contributed by atoms with van der Waals surface area (Å²) in [5.74, 6) is -0.997. The molecule has 0 aromatic carbocycles. The zero-order chi connectivity index (χ0) is 13.6. The molecule has 0 saturated heterocycles. The van der Waals surface area contributed by atoms with Gasteiger partial charge in [-0.2, -0.15) is 0 Å². The summed E-state index contributed by atoms with van der Waals surface area (Å²) >= 11 is 0. The van der Waals surface area contributed by atoms with E-state index in [9.17, 15) is 14.7 Å². The summed E-state index contributed by atoms with van der Waals surface area (Å²) in [4.78, 5) is 22.2. The van der Waals surface area contributed by atoms with Crippen molar-refractivity contribution in [3.8, 4) is 0 Å². The lowest BCUT2D eigenvalue weighted by Crippen LogP contribution is -2.38. The molecule has 0 heterocycles. The molecule has 6 heteroatoms. The molecule has 17 heavy (non-hydrogen) atoms. The first kappa shape index (κ1) is 15.3. The summed E-state index contributed by atoms with van der Waals surface area (Å²) in [5, 5.41) is 11.8. The van der Waals surface area contributed by atoms with E-state index in [1.165, 1.54) is 14.0 Å². The fourth-order valence-electron chi connectivity index (χ4n) is 0.863. The SMILES string of the molecule is COC(=O)C=C(O)[C@@H](C)NC(=O)OC(C)(C)C. The zero-order valence-electron chi connectivity index (χ0n) is 10.7. The fourth-order valence-corrected chi connectivity index (χ4v) is 0.863. The molecule has 0 fully saturated rings.